The van der Waals surface area contributed by atoms with Crippen LogP contribution in [0.3, 0.4) is 0 Å². The molecule has 1 fully saturated rings. The van der Waals surface area contributed by atoms with Gasteiger partial charge < -0.3 is 24.8 Å². The number of hydrogen-bond donors (Lipinski definition) is 3. The maximum absolute atomic E-state index is 13.1. The monoisotopic (exact) mass is 424 g/mol. The second-order valence-corrected chi connectivity index (χ2v) is 9.11. The maximum atomic E-state index is 13.1. The van der Waals surface area contributed by atoms with Crippen molar-refractivity contribution in [2.24, 2.45) is 5.92 Å². The maximum Gasteiger partial charge on any atom is 0.174 e. The van der Waals surface area contributed by atoms with E-state index < -0.39 is 23.7 Å². The Morgan fingerprint density at radius 1 is 1.19 bits per heavy atom. The van der Waals surface area contributed by atoms with Gasteiger partial charge in [-0.25, -0.2) is 0 Å². The molecule has 1 aromatic rings. The third-order valence-corrected chi connectivity index (χ3v) is 5.91. The zero-order valence-corrected chi connectivity index (χ0v) is 18.2. The van der Waals surface area contributed by atoms with Gasteiger partial charge in [-0.15, -0.1) is 0 Å². The highest BCUT2D eigenvalue weighted by molar-refractivity contribution is 6.01. The van der Waals surface area contributed by atoms with Gasteiger partial charge in [-0.2, -0.15) is 0 Å². The second-order valence-electron chi connectivity index (χ2n) is 9.11. The van der Waals surface area contributed by atoms with Crippen LogP contribution in [0.2, 0.25) is 0 Å². The predicted molar refractivity (Wildman–Crippen MR) is 116 cm³/mol. The number of fused-ring (bicyclic) bond motifs is 2. The van der Waals surface area contributed by atoms with Crippen LogP contribution in [-0.2, 0) is 14.3 Å². The van der Waals surface area contributed by atoms with Gasteiger partial charge in [-0.3, -0.25) is 4.79 Å². The average molecular weight is 424 g/mol. The highest BCUT2D eigenvalue weighted by Gasteiger charge is 2.46. The molecule has 4 rings (SSSR count). The molecule has 3 N–H and O–H groups in total. The van der Waals surface area contributed by atoms with Gasteiger partial charge in [0.25, 0.3) is 0 Å². The van der Waals surface area contributed by atoms with Crippen LogP contribution in [0.4, 0.5) is 0 Å². The third kappa shape index (κ3) is 3.88. The number of aliphatic hydroxyl groups excluding tert-OH is 1. The van der Waals surface area contributed by atoms with E-state index in [1.54, 1.807) is 6.07 Å². The number of ketones is 1. The summed E-state index contributed by atoms with van der Waals surface area (Å²) in [7, 11) is 0. The number of carbonyl (C=O) groups is 1. The molecule has 31 heavy (non-hydrogen) atoms. The van der Waals surface area contributed by atoms with Gasteiger partial charge >= 0.3 is 0 Å². The fraction of sp³-hybridized carbons (Fsp3) is 0.400. The first kappa shape index (κ1) is 21.2. The molecule has 0 saturated carbocycles. The zero-order chi connectivity index (χ0) is 22.5. The van der Waals surface area contributed by atoms with Crippen molar-refractivity contribution in [2.75, 3.05) is 0 Å². The highest BCUT2D eigenvalue weighted by atomic mass is 16.5. The number of rotatable bonds is 3. The summed E-state index contributed by atoms with van der Waals surface area (Å²) in [6.07, 6.45) is 5.33. The van der Waals surface area contributed by atoms with Crippen LogP contribution in [0.25, 0.3) is 0 Å². The molecule has 0 unspecified atom stereocenters. The first-order valence-corrected chi connectivity index (χ1v) is 10.5. The molecule has 0 bridgehead atoms. The van der Waals surface area contributed by atoms with Crippen LogP contribution < -0.4 is 0 Å². The highest BCUT2D eigenvalue weighted by Crippen LogP contribution is 2.48. The summed E-state index contributed by atoms with van der Waals surface area (Å²) in [6.45, 7) is 7.91. The fourth-order valence-corrected chi connectivity index (χ4v) is 4.28. The van der Waals surface area contributed by atoms with Crippen LogP contribution in [0.5, 0.6) is 11.5 Å². The number of carbonyl (C=O) groups excluding carboxylic acids is 1. The van der Waals surface area contributed by atoms with Gasteiger partial charge in [0.15, 0.2) is 17.3 Å². The summed E-state index contributed by atoms with van der Waals surface area (Å²) in [4.78, 5) is 13.1. The Morgan fingerprint density at radius 3 is 2.61 bits per heavy atom. The summed E-state index contributed by atoms with van der Waals surface area (Å²) < 4.78 is 12.6. The Balaban J connectivity index is 1.83. The number of hydrogen-bond acceptors (Lipinski definition) is 6. The lowest BCUT2D eigenvalue weighted by Crippen LogP contribution is -2.43. The number of aromatic hydroxyl groups is 2. The van der Waals surface area contributed by atoms with Gasteiger partial charge in [-0.1, -0.05) is 29.9 Å². The van der Waals surface area contributed by atoms with Gasteiger partial charge in [0.05, 0.1) is 29.6 Å². The van der Waals surface area contributed by atoms with E-state index in [9.17, 15) is 20.1 Å². The Hall–Kier alpha value is -2.99. The van der Waals surface area contributed by atoms with Crippen LogP contribution in [0.1, 0.15) is 52.2 Å². The molecule has 6 nitrogen and oxygen atoms in total. The van der Waals surface area contributed by atoms with E-state index in [4.69, 9.17) is 9.47 Å². The van der Waals surface area contributed by atoms with Crippen LogP contribution in [-0.4, -0.2) is 32.8 Å². The molecule has 1 aromatic carbocycles. The minimum absolute atomic E-state index is 0.0234. The van der Waals surface area contributed by atoms with Gasteiger partial charge in [-0.05, 0) is 51.8 Å². The first-order chi connectivity index (χ1) is 14.6. The van der Waals surface area contributed by atoms with E-state index in [0.29, 0.717) is 17.7 Å². The van der Waals surface area contributed by atoms with Crippen molar-refractivity contribution in [1.82, 2.24) is 0 Å². The van der Waals surface area contributed by atoms with E-state index in [1.165, 1.54) is 12.1 Å². The van der Waals surface area contributed by atoms with Crippen molar-refractivity contribution in [3.63, 3.8) is 0 Å². The first-order valence-electron chi connectivity index (χ1n) is 10.5. The minimum Gasteiger partial charge on any atom is -0.511 e. The zero-order valence-electron chi connectivity index (χ0n) is 18.2. The van der Waals surface area contributed by atoms with Crippen molar-refractivity contribution < 1.29 is 29.6 Å². The normalized spacial score (nSPS) is 26.8. The molecule has 1 aliphatic carbocycles. The average Bonchev–Trinajstić information content (AvgIpc) is 2.68. The molecule has 2 heterocycles. The third-order valence-electron chi connectivity index (χ3n) is 5.91. The molecule has 0 radical (unpaired) electrons. The quantitative estimate of drug-likeness (QED) is 0.471. The molecule has 2 aliphatic heterocycles. The molecule has 3 aliphatic rings. The van der Waals surface area contributed by atoms with Crippen LogP contribution in [0, 0.1) is 5.92 Å². The Kier molecular flexibility index (Phi) is 5.21. The molecular formula is C25H28O6. The van der Waals surface area contributed by atoms with Crippen molar-refractivity contribution in [3.05, 3.63) is 70.2 Å². The summed E-state index contributed by atoms with van der Waals surface area (Å²) in [5, 5.41) is 30.5. The standard InChI is InChI=1S/C25H28O6/c1-13(2)5-7-16-23-15(9-10-25(3,4)31-23)22(29)21-19(28)12-20(30-24(16)21)14-6-8-17(26)18(27)11-14/h5-6,8-11,15,20,23,26-27,29H,7,12H2,1-4H3/t15-,20-,23-/m0/s1. The number of phenolic OH excluding ortho intramolecular Hbond substituents is 2. The molecule has 1 saturated heterocycles. The van der Waals surface area contributed by atoms with E-state index in [2.05, 4.69) is 6.08 Å². The van der Waals surface area contributed by atoms with Crippen molar-refractivity contribution >= 4 is 5.78 Å². The number of allylic oxidation sites excluding steroid dienone is 3. The summed E-state index contributed by atoms with van der Waals surface area (Å²) in [6, 6.07) is 4.38. The molecule has 164 valence electrons. The summed E-state index contributed by atoms with van der Waals surface area (Å²) in [5.41, 5.74) is 2.21. The lowest BCUT2D eigenvalue weighted by molar-refractivity contribution is -0.121. The van der Waals surface area contributed by atoms with Crippen molar-refractivity contribution in [2.45, 2.75) is 58.3 Å². The van der Waals surface area contributed by atoms with Gasteiger partial charge in [0.1, 0.15) is 17.6 Å². The number of aliphatic hydroxyl groups is 1. The topological polar surface area (TPSA) is 96.2 Å². The Morgan fingerprint density at radius 2 is 1.94 bits per heavy atom. The molecular weight excluding hydrogens is 396 g/mol. The van der Waals surface area contributed by atoms with Crippen LogP contribution in [0.15, 0.2) is 64.7 Å². The van der Waals surface area contributed by atoms with Gasteiger partial charge in [0.2, 0.25) is 0 Å². The van der Waals surface area contributed by atoms with E-state index >= 15 is 0 Å². The number of phenols is 2. The smallest absolute Gasteiger partial charge is 0.174 e. The summed E-state index contributed by atoms with van der Waals surface area (Å²) >= 11 is 0. The number of benzene rings is 1. The lowest BCUT2D eigenvalue weighted by Gasteiger charge is -2.43. The number of ether oxygens (including phenoxy) is 2. The largest absolute Gasteiger partial charge is 0.511 e. The molecule has 3 atom stereocenters. The fourth-order valence-electron chi connectivity index (χ4n) is 4.28. The van der Waals surface area contributed by atoms with Gasteiger partial charge in [0, 0.05) is 5.57 Å². The lowest BCUT2D eigenvalue weighted by atomic mass is 9.77. The molecule has 0 aromatic heterocycles. The van der Waals surface area contributed by atoms with Crippen molar-refractivity contribution in [3.8, 4) is 11.5 Å². The van der Waals surface area contributed by atoms with Crippen LogP contribution >= 0.6 is 0 Å². The van der Waals surface area contributed by atoms with E-state index in [0.717, 1.165) is 11.1 Å². The molecule has 0 spiro atoms. The molecule has 0 amide bonds. The summed E-state index contributed by atoms with van der Waals surface area (Å²) in [5.74, 6) is -0.835. The second kappa shape index (κ2) is 7.61. The SMILES string of the molecule is CC(C)=CCC1=C2O[C@H](c3ccc(O)c(O)c3)CC(=O)C2=C(O)[C@@H]2C=CC(C)(C)O[C@H]12. The van der Waals surface area contributed by atoms with Crippen molar-refractivity contribution in [1.29, 1.82) is 0 Å². The minimum atomic E-state index is -0.643. The van der Waals surface area contributed by atoms with E-state index in [-0.39, 0.29) is 35.0 Å². The Bertz CT molecular complexity index is 1050. The molecule has 6 heteroatoms. The predicted octanol–water partition coefficient (Wildman–Crippen LogP) is 4.91. The Labute approximate surface area is 181 Å². The number of Topliss-reactive ketones (excluding diaryl/α,β-unsaturated/α-hetero) is 1. The van der Waals surface area contributed by atoms with E-state index in [1.807, 2.05) is 39.8 Å².